The lowest BCUT2D eigenvalue weighted by atomic mass is 10.00. The molecule has 1 aliphatic rings. The maximum atomic E-state index is 14.0. The monoisotopic (exact) mass is 251 g/mol. The van der Waals surface area contributed by atoms with Crippen LogP contribution < -0.4 is 5.73 Å². The number of benzene rings is 1. The summed E-state index contributed by atoms with van der Waals surface area (Å²) < 4.78 is 29.1. The van der Waals surface area contributed by atoms with E-state index >= 15 is 0 Å². The minimum atomic E-state index is -0.857. The van der Waals surface area contributed by atoms with Crippen LogP contribution in [0.3, 0.4) is 0 Å². The van der Waals surface area contributed by atoms with Crippen LogP contribution in [-0.2, 0) is 5.54 Å². The predicted molar refractivity (Wildman–Crippen MR) is 66.2 cm³/mol. The molecule has 18 heavy (non-hydrogen) atoms. The molecule has 1 aromatic carbocycles. The molecule has 3 nitrogen and oxygen atoms in total. The third kappa shape index (κ3) is 1.43. The van der Waals surface area contributed by atoms with Crippen molar-refractivity contribution in [3.8, 4) is 0 Å². The van der Waals surface area contributed by atoms with Crippen molar-refractivity contribution in [2.24, 2.45) is 0 Å². The minimum absolute atomic E-state index is 0.192. The lowest BCUT2D eigenvalue weighted by Gasteiger charge is -2.27. The molecule has 1 aromatic heterocycles. The zero-order chi connectivity index (χ0) is 12.9. The van der Waals surface area contributed by atoms with Crippen LogP contribution in [0.5, 0.6) is 0 Å². The fourth-order valence-electron chi connectivity index (χ4n) is 3.03. The van der Waals surface area contributed by atoms with Gasteiger partial charge in [0.25, 0.3) is 0 Å². The van der Waals surface area contributed by atoms with Crippen molar-refractivity contribution in [2.45, 2.75) is 38.1 Å². The molecule has 0 saturated heterocycles. The van der Waals surface area contributed by atoms with Crippen LogP contribution in [-0.4, -0.2) is 9.55 Å². The van der Waals surface area contributed by atoms with E-state index in [0.29, 0.717) is 5.52 Å². The second-order valence-electron chi connectivity index (χ2n) is 5.24. The van der Waals surface area contributed by atoms with Crippen LogP contribution in [0.2, 0.25) is 0 Å². The summed E-state index contributed by atoms with van der Waals surface area (Å²) in [5, 5.41) is 0. The summed E-state index contributed by atoms with van der Waals surface area (Å²) in [4.78, 5) is 4.14. The van der Waals surface area contributed by atoms with Crippen molar-refractivity contribution in [3.05, 3.63) is 23.8 Å². The Balaban J connectivity index is 2.34. The molecule has 1 aliphatic carbocycles. The van der Waals surface area contributed by atoms with Gasteiger partial charge in [0.15, 0.2) is 11.6 Å². The van der Waals surface area contributed by atoms with Crippen LogP contribution in [0.25, 0.3) is 11.0 Å². The van der Waals surface area contributed by atoms with Gasteiger partial charge in [-0.05, 0) is 31.9 Å². The number of rotatable bonds is 1. The molecule has 0 atom stereocenters. The van der Waals surface area contributed by atoms with Crippen LogP contribution in [0.1, 0.15) is 32.6 Å². The largest absolute Gasteiger partial charge is 0.369 e. The molecule has 0 radical (unpaired) electrons. The van der Waals surface area contributed by atoms with Crippen molar-refractivity contribution in [1.82, 2.24) is 9.55 Å². The normalized spacial score (nSPS) is 18.6. The van der Waals surface area contributed by atoms with E-state index in [1.54, 1.807) is 4.57 Å². The highest BCUT2D eigenvalue weighted by atomic mass is 19.2. The molecular weight excluding hydrogens is 236 g/mol. The summed E-state index contributed by atoms with van der Waals surface area (Å²) >= 11 is 0. The highest BCUT2D eigenvalue weighted by Crippen LogP contribution is 2.40. The molecule has 2 aromatic rings. The quantitative estimate of drug-likeness (QED) is 0.845. The maximum absolute atomic E-state index is 14.0. The topological polar surface area (TPSA) is 43.8 Å². The fourth-order valence-corrected chi connectivity index (χ4v) is 3.03. The first kappa shape index (κ1) is 11.4. The minimum Gasteiger partial charge on any atom is -0.369 e. The van der Waals surface area contributed by atoms with Gasteiger partial charge in [0, 0.05) is 5.54 Å². The molecule has 0 amide bonds. The van der Waals surface area contributed by atoms with Gasteiger partial charge < -0.3 is 10.3 Å². The van der Waals surface area contributed by atoms with Gasteiger partial charge in [0.2, 0.25) is 5.95 Å². The van der Waals surface area contributed by atoms with Crippen molar-refractivity contribution >= 4 is 17.0 Å². The van der Waals surface area contributed by atoms with Crippen molar-refractivity contribution in [2.75, 3.05) is 5.73 Å². The summed E-state index contributed by atoms with van der Waals surface area (Å²) in [6.07, 6.45) is 3.98. The van der Waals surface area contributed by atoms with Gasteiger partial charge >= 0.3 is 0 Å². The third-order valence-electron chi connectivity index (χ3n) is 3.96. The Morgan fingerprint density at radius 3 is 2.61 bits per heavy atom. The van der Waals surface area contributed by atoms with E-state index in [0.717, 1.165) is 31.7 Å². The Morgan fingerprint density at radius 1 is 1.28 bits per heavy atom. The Morgan fingerprint density at radius 2 is 1.94 bits per heavy atom. The Bertz CT molecular complexity index is 612. The zero-order valence-electron chi connectivity index (χ0n) is 10.2. The first-order valence-electron chi connectivity index (χ1n) is 6.15. The molecule has 0 bridgehead atoms. The van der Waals surface area contributed by atoms with Crippen LogP contribution in [0.15, 0.2) is 12.1 Å². The number of aromatic nitrogens is 2. The summed E-state index contributed by atoms with van der Waals surface area (Å²) in [7, 11) is 0. The van der Waals surface area contributed by atoms with E-state index in [-0.39, 0.29) is 17.0 Å². The van der Waals surface area contributed by atoms with Crippen LogP contribution >= 0.6 is 0 Å². The molecule has 2 N–H and O–H groups in total. The van der Waals surface area contributed by atoms with Gasteiger partial charge in [-0.15, -0.1) is 0 Å². The standard InChI is InChI=1S/C13H15F2N3/c1-13(6-2-3-7-13)18-11-9(17-12(18)16)5-4-8(14)10(11)15/h4-5H,2-3,6-7H2,1H3,(H2,16,17). The molecular formula is C13H15F2N3. The van der Waals surface area contributed by atoms with E-state index in [2.05, 4.69) is 4.98 Å². The number of nitrogen functional groups attached to an aromatic ring is 1. The zero-order valence-corrected chi connectivity index (χ0v) is 10.2. The molecule has 96 valence electrons. The van der Waals surface area contributed by atoms with Gasteiger partial charge in [0.05, 0.1) is 5.52 Å². The van der Waals surface area contributed by atoms with Crippen LogP contribution in [0, 0.1) is 11.6 Å². The van der Waals surface area contributed by atoms with Gasteiger partial charge in [0.1, 0.15) is 5.52 Å². The average Bonchev–Trinajstić information content (AvgIpc) is 2.89. The average molecular weight is 251 g/mol. The number of hydrogen-bond donors (Lipinski definition) is 1. The van der Waals surface area contributed by atoms with Gasteiger partial charge in [-0.1, -0.05) is 12.8 Å². The van der Waals surface area contributed by atoms with Crippen molar-refractivity contribution in [1.29, 1.82) is 0 Å². The van der Waals surface area contributed by atoms with Crippen molar-refractivity contribution < 1.29 is 8.78 Å². The van der Waals surface area contributed by atoms with Gasteiger partial charge in [-0.2, -0.15) is 0 Å². The SMILES string of the molecule is CC1(n2c(N)nc3ccc(F)c(F)c32)CCCC1. The predicted octanol–water partition coefficient (Wildman–Crippen LogP) is 3.19. The summed E-state index contributed by atoms with van der Waals surface area (Å²) in [6, 6.07) is 2.56. The molecule has 1 saturated carbocycles. The smallest absolute Gasteiger partial charge is 0.201 e. The maximum Gasteiger partial charge on any atom is 0.201 e. The first-order chi connectivity index (χ1) is 8.53. The lowest BCUT2D eigenvalue weighted by molar-refractivity contribution is 0.340. The molecule has 5 heteroatoms. The van der Waals surface area contributed by atoms with Crippen molar-refractivity contribution in [3.63, 3.8) is 0 Å². The Labute approximate surface area is 104 Å². The summed E-state index contributed by atoms with van der Waals surface area (Å²) in [5.41, 5.74) is 6.25. The van der Waals surface area contributed by atoms with E-state index in [1.165, 1.54) is 6.07 Å². The number of hydrogen-bond acceptors (Lipinski definition) is 2. The molecule has 0 unspecified atom stereocenters. The van der Waals surface area contributed by atoms with E-state index in [9.17, 15) is 8.78 Å². The van der Waals surface area contributed by atoms with E-state index < -0.39 is 11.6 Å². The molecule has 0 aliphatic heterocycles. The molecule has 1 fully saturated rings. The molecule has 3 rings (SSSR count). The van der Waals surface area contributed by atoms with Crippen LogP contribution in [0.4, 0.5) is 14.7 Å². The number of fused-ring (bicyclic) bond motifs is 1. The number of anilines is 1. The highest BCUT2D eigenvalue weighted by molar-refractivity contribution is 5.79. The Kier molecular flexibility index (Phi) is 2.33. The third-order valence-corrected chi connectivity index (χ3v) is 3.96. The highest BCUT2D eigenvalue weighted by Gasteiger charge is 2.34. The second-order valence-corrected chi connectivity index (χ2v) is 5.24. The number of nitrogens with two attached hydrogens (primary N) is 1. The number of halogens is 2. The Hall–Kier alpha value is -1.65. The van der Waals surface area contributed by atoms with E-state index in [1.807, 2.05) is 6.92 Å². The lowest BCUT2D eigenvalue weighted by Crippen LogP contribution is -2.28. The number of imidazole rings is 1. The van der Waals surface area contributed by atoms with E-state index in [4.69, 9.17) is 5.73 Å². The van der Waals surface area contributed by atoms with Gasteiger partial charge in [-0.25, -0.2) is 13.8 Å². The second kappa shape index (κ2) is 3.67. The first-order valence-corrected chi connectivity index (χ1v) is 6.15. The molecule has 0 spiro atoms. The fraction of sp³-hybridized carbons (Fsp3) is 0.462. The summed E-state index contributed by atoms with van der Waals surface area (Å²) in [5.74, 6) is -1.45. The summed E-state index contributed by atoms with van der Waals surface area (Å²) in [6.45, 7) is 2.03. The van der Waals surface area contributed by atoms with Gasteiger partial charge in [-0.3, -0.25) is 0 Å². The molecule has 1 heterocycles. The number of nitrogens with zero attached hydrogens (tertiary/aromatic N) is 2.